The quantitative estimate of drug-likeness (QED) is 0.252. The largest absolute Gasteiger partial charge is 0.493 e. The molecule has 0 aromatic heterocycles. The van der Waals surface area contributed by atoms with E-state index in [1.54, 1.807) is 49.4 Å². The first-order chi connectivity index (χ1) is 19.9. The topological polar surface area (TPSA) is 106 Å². The van der Waals surface area contributed by atoms with Crippen LogP contribution in [0, 0.1) is 0 Å². The third kappa shape index (κ3) is 6.30. The van der Waals surface area contributed by atoms with Crippen LogP contribution in [0.2, 0.25) is 0 Å². The van der Waals surface area contributed by atoms with E-state index in [9.17, 15) is 14.4 Å². The maximum absolute atomic E-state index is 13.4. The number of hydrazine groups is 1. The van der Waals surface area contributed by atoms with E-state index in [0.717, 1.165) is 5.56 Å². The van der Waals surface area contributed by atoms with Crippen LogP contribution < -0.4 is 25.0 Å². The van der Waals surface area contributed by atoms with Crippen molar-refractivity contribution in [1.82, 2.24) is 10.4 Å². The summed E-state index contributed by atoms with van der Waals surface area (Å²) >= 11 is 0. The summed E-state index contributed by atoms with van der Waals surface area (Å²) in [7, 11) is 0. The molecule has 9 nitrogen and oxygen atoms in total. The second-order valence-electron chi connectivity index (χ2n) is 9.25. The smallest absolute Gasteiger partial charge is 0.285 e. The summed E-state index contributed by atoms with van der Waals surface area (Å²) in [5, 5.41) is 3.94. The highest BCUT2D eigenvalue weighted by molar-refractivity contribution is 6.00. The molecular formula is C32H29N3O6. The van der Waals surface area contributed by atoms with Gasteiger partial charge >= 0.3 is 0 Å². The van der Waals surface area contributed by atoms with Crippen molar-refractivity contribution in [2.45, 2.75) is 26.0 Å². The Balaban J connectivity index is 1.39. The molecule has 0 unspecified atom stereocenters. The van der Waals surface area contributed by atoms with Crippen LogP contribution in [0.4, 0.5) is 5.69 Å². The molecule has 1 aliphatic rings. The zero-order valence-electron chi connectivity index (χ0n) is 22.6. The zero-order chi connectivity index (χ0) is 28.8. The first kappa shape index (κ1) is 27.3. The summed E-state index contributed by atoms with van der Waals surface area (Å²) in [6.45, 7) is 3.49. The van der Waals surface area contributed by atoms with Gasteiger partial charge in [0.05, 0.1) is 12.2 Å². The Bertz CT molecular complexity index is 1530. The molecule has 4 aromatic rings. The Kier molecular flexibility index (Phi) is 8.15. The molecule has 9 heteroatoms. The molecule has 1 saturated heterocycles. The van der Waals surface area contributed by atoms with Crippen molar-refractivity contribution >= 4 is 23.4 Å². The number of para-hydroxylation sites is 2. The predicted molar refractivity (Wildman–Crippen MR) is 153 cm³/mol. The lowest BCUT2D eigenvalue weighted by atomic mass is 9.92. The number of ether oxygens (including phenoxy) is 3. The van der Waals surface area contributed by atoms with Gasteiger partial charge in [-0.05, 0) is 61.0 Å². The lowest BCUT2D eigenvalue weighted by molar-refractivity contribution is -0.169. The van der Waals surface area contributed by atoms with Gasteiger partial charge in [-0.3, -0.25) is 19.8 Å². The summed E-state index contributed by atoms with van der Waals surface area (Å²) in [4.78, 5) is 38.2. The lowest BCUT2D eigenvalue weighted by Gasteiger charge is -2.46. The Morgan fingerprint density at radius 3 is 2.10 bits per heavy atom. The highest BCUT2D eigenvalue weighted by atomic mass is 16.5. The van der Waals surface area contributed by atoms with Crippen molar-refractivity contribution in [2.75, 3.05) is 11.9 Å². The van der Waals surface area contributed by atoms with Crippen molar-refractivity contribution in [3.8, 4) is 23.0 Å². The molecule has 1 aliphatic heterocycles. The van der Waals surface area contributed by atoms with Gasteiger partial charge in [0.25, 0.3) is 11.8 Å². The van der Waals surface area contributed by atoms with E-state index in [1.807, 2.05) is 60.7 Å². The van der Waals surface area contributed by atoms with Crippen LogP contribution in [-0.2, 0) is 9.59 Å². The molecule has 0 saturated carbocycles. The molecule has 1 heterocycles. The summed E-state index contributed by atoms with van der Waals surface area (Å²) in [6, 6.07) is 29.8. The first-order valence-electron chi connectivity index (χ1n) is 13.2. The number of anilines is 1. The number of nitrogens with one attached hydrogen (secondary N) is 2. The third-order valence-corrected chi connectivity index (χ3v) is 6.32. The van der Waals surface area contributed by atoms with Gasteiger partial charge in [0.15, 0.2) is 0 Å². The predicted octanol–water partition coefficient (Wildman–Crippen LogP) is 5.51. The average Bonchev–Trinajstić information content (AvgIpc) is 2.98. The molecule has 3 amide bonds. The molecule has 0 spiro atoms. The number of hydrogen-bond acceptors (Lipinski definition) is 6. The Morgan fingerprint density at radius 1 is 0.829 bits per heavy atom. The van der Waals surface area contributed by atoms with Crippen molar-refractivity contribution in [2.24, 2.45) is 0 Å². The van der Waals surface area contributed by atoms with Crippen molar-refractivity contribution in [3.63, 3.8) is 0 Å². The monoisotopic (exact) mass is 551 g/mol. The second kappa shape index (κ2) is 12.3. The zero-order valence-corrected chi connectivity index (χ0v) is 22.6. The van der Waals surface area contributed by atoms with Crippen molar-refractivity contribution in [1.29, 1.82) is 0 Å². The number of carbonyl (C=O) groups excluding carboxylic acids is 3. The number of benzene rings is 4. The molecule has 4 aromatic carbocycles. The Hall–Kier alpha value is -5.31. The van der Waals surface area contributed by atoms with Crippen LogP contribution in [0.5, 0.6) is 23.0 Å². The fourth-order valence-corrected chi connectivity index (χ4v) is 4.46. The van der Waals surface area contributed by atoms with Crippen molar-refractivity contribution < 1.29 is 28.6 Å². The number of hydrogen-bond donors (Lipinski definition) is 2. The fraction of sp³-hybridized carbons (Fsp3) is 0.156. The van der Waals surface area contributed by atoms with Crippen LogP contribution in [0.15, 0.2) is 103 Å². The molecule has 0 radical (unpaired) electrons. The van der Waals surface area contributed by atoms with Gasteiger partial charge in [0.2, 0.25) is 12.0 Å². The maximum atomic E-state index is 13.4. The van der Waals surface area contributed by atoms with Gasteiger partial charge in [-0.1, -0.05) is 48.5 Å². The van der Waals surface area contributed by atoms with Crippen LogP contribution >= 0.6 is 0 Å². The molecule has 1 fully saturated rings. The summed E-state index contributed by atoms with van der Waals surface area (Å²) in [5.74, 6) is 0.963. The molecule has 2 N–H and O–H groups in total. The van der Waals surface area contributed by atoms with Gasteiger partial charge in [0, 0.05) is 18.7 Å². The van der Waals surface area contributed by atoms with E-state index >= 15 is 0 Å². The van der Waals surface area contributed by atoms with Crippen LogP contribution in [0.3, 0.4) is 0 Å². The highest BCUT2D eigenvalue weighted by Gasteiger charge is 2.51. The van der Waals surface area contributed by atoms with Crippen LogP contribution in [0.1, 0.15) is 35.8 Å². The van der Waals surface area contributed by atoms with E-state index in [4.69, 9.17) is 14.2 Å². The molecule has 0 aliphatic carbocycles. The molecule has 41 heavy (non-hydrogen) atoms. The summed E-state index contributed by atoms with van der Waals surface area (Å²) < 4.78 is 17.6. The summed E-state index contributed by atoms with van der Waals surface area (Å²) in [5.41, 5.74) is 4.18. The fourth-order valence-electron chi connectivity index (χ4n) is 4.46. The minimum Gasteiger partial charge on any atom is -0.493 e. The second-order valence-corrected chi connectivity index (χ2v) is 9.25. The number of carbonyl (C=O) groups is 3. The van der Waals surface area contributed by atoms with Gasteiger partial charge < -0.3 is 19.5 Å². The van der Waals surface area contributed by atoms with Crippen molar-refractivity contribution in [3.05, 3.63) is 114 Å². The molecule has 2 atom stereocenters. The first-order valence-corrected chi connectivity index (χ1v) is 13.2. The summed E-state index contributed by atoms with van der Waals surface area (Å²) in [6.07, 6.45) is -0.855. The molecule has 5 rings (SSSR count). The minimum atomic E-state index is -0.855. The van der Waals surface area contributed by atoms with E-state index < -0.39 is 24.0 Å². The third-order valence-electron chi connectivity index (χ3n) is 6.32. The van der Waals surface area contributed by atoms with E-state index in [2.05, 4.69) is 10.7 Å². The van der Waals surface area contributed by atoms with Gasteiger partial charge in [-0.25, -0.2) is 5.01 Å². The van der Waals surface area contributed by atoms with Crippen LogP contribution in [-0.4, -0.2) is 35.4 Å². The maximum Gasteiger partial charge on any atom is 0.285 e. The van der Waals surface area contributed by atoms with E-state index in [0.29, 0.717) is 29.5 Å². The highest BCUT2D eigenvalue weighted by Crippen LogP contribution is 2.38. The molecular weight excluding hydrogens is 522 g/mol. The Labute approximate surface area is 237 Å². The van der Waals surface area contributed by atoms with Gasteiger partial charge in [-0.2, -0.15) is 0 Å². The SMILES string of the molecule is CCOc1cc(NC(C)=O)ccc1C(=O)NN1C(=O)[C@H](Oc2ccccc2)[C@H]1c1ccc(Oc2ccccc2)cc1. The van der Waals surface area contributed by atoms with Crippen LogP contribution in [0.25, 0.3) is 0 Å². The van der Waals surface area contributed by atoms with Gasteiger partial charge in [0.1, 0.15) is 29.0 Å². The number of nitrogens with zero attached hydrogens (tertiary/aromatic N) is 1. The standard InChI is InChI=1S/C32H29N3O6/c1-3-39-28-20-23(33-21(2)36)16-19-27(28)31(37)34-35-29(30(32(35)38)41-25-12-8-5-9-13-25)22-14-17-26(18-15-22)40-24-10-6-4-7-11-24/h4-20,29-30H,3H2,1-2H3,(H,33,36)(H,34,37)/t29-,30-/m1/s1. The Morgan fingerprint density at radius 2 is 1.46 bits per heavy atom. The number of amides is 3. The van der Waals surface area contributed by atoms with Gasteiger partial charge in [-0.15, -0.1) is 0 Å². The normalized spacial score (nSPS) is 15.9. The average molecular weight is 552 g/mol. The number of rotatable bonds is 10. The molecule has 208 valence electrons. The number of β-lactam (4-membered cyclic amide) rings is 1. The molecule has 0 bridgehead atoms. The minimum absolute atomic E-state index is 0.214. The van der Waals surface area contributed by atoms with E-state index in [1.165, 1.54) is 11.9 Å². The lowest BCUT2D eigenvalue weighted by Crippen LogP contribution is -2.67. The van der Waals surface area contributed by atoms with E-state index in [-0.39, 0.29) is 17.2 Å².